The molecule has 0 atom stereocenters. The first-order chi connectivity index (χ1) is 15.0. The van der Waals surface area contributed by atoms with Crippen molar-refractivity contribution < 1.29 is 9.59 Å². The standard InChI is InChI=1S/C25H25ClN2O2S/c1-28-21-16-19(24(29)27-13-12-17-6-3-2-4-7-17)10-11-22(21)31-23(25(28)30)15-18-8-5-9-20(26)14-18/h5-6,8-11,14-16H,2-4,7,12-13H2,1H3,(H,27,29)/b23-15-. The molecule has 1 N–H and O–H groups in total. The highest BCUT2D eigenvalue weighted by Gasteiger charge is 2.27. The fourth-order valence-electron chi connectivity index (χ4n) is 3.85. The molecule has 6 heteroatoms. The number of carbonyl (C=O) groups is 2. The van der Waals surface area contributed by atoms with Crippen molar-refractivity contribution in [3.05, 3.63) is 75.2 Å². The van der Waals surface area contributed by atoms with Gasteiger partial charge in [-0.1, -0.05) is 47.1 Å². The quantitative estimate of drug-likeness (QED) is 0.442. The lowest BCUT2D eigenvalue weighted by atomic mass is 9.97. The maximum atomic E-state index is 12.9. The number of hydrogen-bond acceptors (Lipinski definition) is 3. The highest BCUT2D eigenvalue weighted by molar-refractivity contribution is 8.04. The summed E-state index contributed by atoms with van der Waals surface area (Å²) in [6, 6.07) is 12.9. The first-order valence-corrected chi connectivity index (χ1v) is 11.7. The van der Waals surface area contributed by atoms with E-state index in [1.807, 2.05) is 36.4 Å². The second-order valence-corrected chi connectivity index (χ2v) is 9.35. The van der Waals surface area contributed by atoms with Gasteiger partial charge in [-0.15, -0.1) is 0 Å². The van der Waals surface area contributed by atoms with Gasteiger partial charge in [-0.05, 0) is 74.1 Å². The lowest BCUT2D eigenvalue weighted by Crippen LogP contribution is -2.31. The minimum absolute atomic E-state index is 0.0979. The van der Waals surface area contributed by atoms with E-state index in [4.69, 9.17) is 11.6 Å². The fourth-order valence-corrected chi connectivity index (χ4v) is 5.14. The van der Waals surface area contributed by atoms with E-state index in [2.05, 4.69) is 11.4 Å². The Morgan fingerprint density at radius 3 is 2.87 bits per heavy atom. The Kier molecular flexibility index (Phi) is 6.83. The molecule has 4 nitrogen and oxygen atoms in total. The van der Waals surface area contributed by atoms with Crippen molar-refractivity contribution in [1.29, 1.82) is 0 Å². The molecule has 160 valence electrons. The number of fused-ring (bicyclic) bond motifs is 1. The van der Waals surface area contributed by atoms with Gasteiger partial charge in [-0.2, -0.15) is 0 Å². The maximum Gasteiger partial charge on any atom is 0.264 e. The Balaban J connectivity index is 1.46. The number of carbonyl (C=O) groups excluding carboxylic acids is 2. The van der Waals surface area contributed by atoms with E-state index in [-0.39, 0.29) is 11.8 Å². The van der Waals surface area contributed by atoms with Crippen LogP contribution in [0, 0.1) is 0 Å². The lowest BCUT2D eigenvalue weighted by Gasteiger charge is -2.27. The summed E-state index contributed by atoms with van der Waals surface area (Å²) in [5.41, 5.74) is 3.64. The summed E-state index contributed by atoms with van der Waals surface area (Å²) in [5.74, 6) is -0.204. The van der Waals surface area contributed by atoms with E-state index in [1.54, 1.807) is 24.1 Å². The van der Waals surface area contributed by atoms with E-state index >= 15 is 0 Å². The maximum absolute atomic E-state index is 12.9. The second-order valence-electron chi connectivity index (χ2n) is 7.83. The molecule has 2 aliphatic rings. The molecular formula is C25H25ClN2O2S. The van der Waals surface area contributed by atoms with Gasteiger partial charge in [-0.25, -0.2) is 0 Å². The number of anilines is 1. The van der Waals surface area contributed by atoms with Crippen LogP contribution in [0.3, 0.4) is 0 Å². The Morgan fingerprint density at radius 1 is 1.23 bits per heavy atom. The van der Waals surface area contributed by atoms with Crippen molar-refractivity contribution in [2.75, 3.05) is 18.5 Å². The summed E-state index contributed by atoms with van der Waals surface area (Å²) in [7, 11) is 1.74. The van der Waals surface area contributed by atoms with Gasteiger partial charge in [0.2, 0.25) is 0 Å². The van der Waals surface area contributed by atoms with E-state index in [0.717, 1.165) is 35.4 Å². The summed E-state index contributed by atoms with van der Waals surface area (Å²) in [6.07, 6.45) is 9.87. The summed E-state index contributed by atoms with van der Waals surface area (Å²) in [4.78, 5) is 28.7. The predicted molar refractivity (Wildman–Crippen MR) is 129 cm³/mol. The van der Waals surface area contributed by atoms with Gasteiger partial charge >= 0.3 is 0 Å². The largest absolute Gasteiger partial charge is 0.352 e. The number of nitrogens with zero attached hydrogens (tertiary/aromatic N) is 1. The Labute approximate surface area is 192 Å². The number of rotatable bonds is 5. The van der Waals surface area contributed by atoms with E-state index in [9.17, 15) is 9.59 Å². The summed E-state index contributed by atoms with van der Waals surface area (Å²) < 4.78 is 0. The normalized spacial score (nSPS) is 17.4. The number of thioether (sulfide) groups is 1. The third kappa shape index (κ3) is 5.23. The molecule has 1 aliphatic heterocycles. The molecule has 0 aromatic heterocycles. The third-order valence-electron chi connectivity index (χ3n) is 5.58. The first-order valence-electron chi connectivity index (χ1n) is 10.5. The number of amides is 2. The molecule has 4 rings (SSSR count). The van der Waals surface area contributed by atoms with E-state index < -0.39 is 0 Å². The molecule has 1 aliphatic carbocycles. The van der Waals surface area contributed by atoms with Crippen molar-refractivity contribution in [2.45, 2.75) is 37.0 Å². The van der Waals surface area contributed by atoms with Gasteiger partial charge in [0.15, 0.2) is 0 Å². The van der Waals surface area contributed by atoms with Crippen molar-refractivity contribution in [3.8, 4) is 0 Å². The molecule has 0 unspecified atom stereocenters. The number of benzene rings is 2. The smallest absolute Gasteiger partial charge is 0.264 e. The lowest BCUT2D eigenvalue weighted by molar-refractivity contribution is -0.114. The van der Waals surface area contributed by atoms with Crippen LogP contribution < -0.4 is 10.2 Å². The molecule has 31 heavy (non-hydrogen) atoms. The van der Waals surface area contributed by atoms with Crippen molar-refractivity contribution in [2.24, 2.45) is 0 Å². The average molecular weight is 453 g/mol. The Morgan fingerprint density at radius 2 is 2.10 bits per heavy atom. The zero-order valence-electron chi connectivity index (χ0n) is 17.5. The molecule has 2 aromatic rings. The van der Waals surface area contributed by atoms with Gasteiger partial charge < -0.3 is 10.2 Å². The zero-order chi connectivity index (χ0) is 21.8. The number of likely N-dealkylation sites (N-methyl/N-ethyl adjacent to an activating group) is 1. The fraction of sp³-hybridized carbons (Fsp3) is 0.280. The molecule has 0 saturated carbocycles. The predicted octanol–water partition coefficient (Wildman–Crippen LogP) is 6.07. The molecule has 0 saturated heterocycles. The highest BCUT2D eigenvalue weighted by Crippen LogP contribution is 2.42. The van der Waals surface area contributed by atoms with Crippen LogP contribution in [0.1, 0.15) is 48.0 Å². The number of hydrogen-bond donors (Lipinski definition) is 1. The van der Waals surface area contributed by atoms with Gasteiger partial charge in [0, 0.05) is 29.1 Å². The van der Waals surface area contributed by atoms with Gasteiger partial charge in [-0.3, -0.25) is 9.59 Å². The van der Waals surface area contributed by atoms with E-state index in [1.165, 1.54) is 30.2 Å². The Bertz CT molecular complexity index is 1080. The molecule has 2 aromatic carbocycles. The molecule has 2 amide bonds. The van der Waals surface area contributed by atoms with Crippen LogP contribution in [0.25, 0.3) is 6.08 Å². The highest BCUT2D eigenvalue weighted by atomic mass is 35.5. The minimum Gasteiger partial charge on any atom is -0.352 e. The first kappa shape index (κ1) is 21.7. The number of halogens is 1. The van der Waals surface area contributed by atoms with Crippen LogP contribution in [0.4, 0.5) is 5.69 Å². The monoisotopic (exact) mass is 452 g/mol. The SMILES string of the molecule is CN1C(=O)/C(=C/c2cccc(Cl)c2)Sc2ccc(C(=O)NCCC3=CCCCC3)cc21. The topological polar surface area (TPSA) is 49.4 Å². The summed E-state index contributed by atoms with van der Waals surface area (Å²) in [5, 5.41) is 3.64. The molecule has 0 bridgehead atoms. The third-order valence-corrected chi connectivity index (χ3v) is 6.89. The second kappa shape index (κ2) is 9.75. The zero-order valence-corrected chi connectivity index (χ0v) is 19.1. The van der Waals surface area contributed by atoms with Crippen molar-refractivity contribution in [3.63, 3.8) is 0 Å². The van der Waals surface area contributed by atoms with Crippen molar-refractivity contribution >= 4 is 46.9 Å². The molecule has 0 fully saturated rings. The molecular weight excluding hydrogens is 428 g/mol. The minimum atomic E-state index is -0.106. The number of allylic oxidation sites excluding steroid dienone is 1. The van der Waals surface area contributed by atoms with Crippen LogP contribution in [-0.2, 0) is 4.79 Å². The summed E-state index contributed by atoms with van der Waals surface area (Å²) in [6.45, 7) is 0.637. The van der Waals surface area contributed by atoms with Crippen molar-refractivity contribution in [1.82, 2.24) is 5.32 Å². The van der Waals surface area contributed by atoms with Crippen LogP contribution in [-0.4, -0.2) is 25.4 Å². The molecule has 1 heterocycles. The van der Waals surface area contributed by atoms with Crippen LogP contribution in [0.2, 0.25) is 5.02 Å². The molecule has 0 spiro atoms. The molecule has 0 radical (unpaired) electrons. The average Bonchev–Trinajstić information content (AvgIpc) is 2.78. The van der Waals surface area contributed by atoms with Gasteiger partial charge in [0.1, 0.15) is 0 Å². The van der Waals surface area contributed by atoms with Crippen LogP contribution in [0.15, 0.2) is 63.9 Å². The van der Waals surface area contributed by atoms with Crippen LogP contribution in [0.5, 0.6) is 0 Å². The number of nitrogens with one attached hydrogen (secondary N) is 1. The summed E-state index contributed by atoms with van der Waals surface area (Å²) >= 11 is 7.48. The van der Waals surface area contributed by atoms with E-state index in [0.29, 0.717) is 22.0 Å². The Hall–Kier alpha value is -2.50. The van der Waals surface area contributed by atoms with Crippen LogP contribution >= 0.6 is 23.4 Å². The van der Waals surface area contributed by atoms with Gasteiger partial charge in [0.05, 0.1) is 10.6 Å². The van der Waals surface area contributed by atoms with Gasteiger partial charge in [0.25, 0.3) is 11.8 Å².